The predicted molar refractivity (Wildman–Crippen MR) is 75.8 cm³/mol. The highest BCUT2D eigenvalue weighted by Crippen LogP contribution is 2.33. The maximum atomic E-state index is 5.42. The topological polar surface area (TPSA) is 30.5 Å². The van der Waals surface area contributed by atoms with Crippen molar-refractivity contribution >= 4 is 0 Å². The number of rotatable bonds is 7. The molecule has 0 saturated heterocycles. The summed E-state index contributed by atoms with van der Waals surface area (Å²) in [6.07, 6.45) is 4.21. The summed E-state index contributed by atoms with van der Waals surface area (Å²) in [5.74, 6) is 2.42. The Morgan fingerprint density at radius 2 is 1.94 bits per heavy atom. The van der Waals surface area contributed by atoms with Crippen LogP contribution in [0, 0.1) is 17.8 Å². The van der Waals surface area contributed by atoms with Crippen LogP contribution >= 0.6 is 0 Å². The second-order valence-corrected chi connectivity index (χ2v) is 6.15. The Labute approximate surface area is 113 Å². The van der Waals surface area contributed by atoms with Crippen LogP contribution in [0.15, 0.2) is 0 Å². The molecule has 0 aliphatic heterocycles. The molecule has 0 aromatic rings. The van der Waals surface area contributed by atoms with Crippen molar-refractivity contribution in [2.75, 3.05) is 27.4 Å². The Kier molecular flexibility index (Phi) is 7.20. The van der Waals surface area contributed by atoms with Crippen LogP contribution in [0.1, 0.15) is 40.0 Å². The summed E-state index contributed by atoms with van der Waals surface area (Å²) in [5.41, 5.74) is 0. The van der Waals surface area contributed by atoms with Crippen LogP contribution in [0.5, 0.6) is 0 Å². The molecule has 0 aromatic carbocycles. The zero-order chi connectivity index (χ0) is 13.5. The van der Waals surface area contributed by atoms with Gasteiger partial charge in [-0.2, -0.15) is 0 Å². The summed E-state index contributed by atoms with van der Waals surface area (Å²) in [6, 6.07) is 0.642. The zero-order valence-corrected chi connectivity index (χ0v) is 12.7. The molecular formula is C15H31NO2. The van der Waals surface area contributed by atoms with Gasteiger partial charge in [-0.15, -0.1) is 0 Å². The van der Waals surface area contributed by atoms with Gasteiger partial charge in [-0.25, -0.2) is 0 Å². The van der Waals surface area contributed by atoms with Crippen LogP contribution in [0.25, 0.3) is 0 Å². The van der Waals surface area contributed by atoms with Crippen molar-refractivity contribution in [2.24, 2.45) is 17.8 Å². The van der Waals surface area contributed by atoms with Gasteiger partial charge in [0.15, 0.2) is 0 Å². The highest BCUT2D eigenvalue weighted by atomic mass is 16.5. The van der Waals surface area contributed by atoms with Gasteiger partial charge in [0.2, 0.25) is 0 Å². The molecule has 1 aliphatic carbocycles. The molecule has 0 spiro atoms. The Morgan fingerprint density at radius 1 is 1.22 bits per heavy atom. The minimum atomic E-state index is 0.167. The van der Waals surface area contributed by atoms with Gasteiger partial charge >= 0.3 is 0 Å². The molecule has 1 fully saturated rings. The first-order valence-electron chi connectivity index (χ1n) is 7.33. The maximum Gasteiger partial charge on any atom is 0.0928 e. The number of ether oxygens (including phenoxy) is 2. The third-order valence-corrected chi connectivity index (χ3v) is 4.32. The van der Waals surface area contributed by atoms with E-state index in [-0.39, 0.29) is 6.10 Å². The lowest BCUT2D eigenvalue weighted by Gasteiger charge is -2.38. The van der Waals surface area contributed by atoms with E-state index in [0.29, 0.717) is 12.6 Å². The molecule has 1 aliphatic rings. The van der Waals surface area contributed by atoms with Gasteiger partial charge in [0.25, 0.3) is 0 Å². The molecule has 18 heavy (non-hydrogen) atoms. The first-order valence-corrected chi connectivity index (χ1v) is 7.33. The second-order valence-electron chi connectivity index (χ2n) is 6.15. The van der Waals surface area contributed by atoms with Crippen molar-refractivity contribution in [2.45, 2.75) is 52.2 Å². The van der Waals surface area contributed by atoms with Gasteiger partial charge in [-0.1, -0.05) is 27.2 Å². The molecule has 3 nitrogen and oxygen atoms in total. The molecule has 4 atom stereocenters. The van der Waals surface area contributed by atoms with Gasteiger partial charge in [0.05, 0.1) is 12.7 Å². The molecule has 0 amide bonds. The molecule has 0 heterocycles. The monoisotopic (exact) mass is 257 g/mol. The summed E-state index contributed by atoms with van der Waals surface area (Å²) in [5, 5.41) is 3.71. The molecule has 0 aromatic heterocycles. The van der Waals surface area contributed by atoms with Gasteiger partial charge in [0, 0.05) is 26.8 Å². The molecule has 1 saturated carbocycles. The smallest absolute Gasteiger partial charge is 0.0928 e. The first-order chi connectivity index (χ1) is 8.58. The van der Waals surface area contributed by atoms with Crippen molar-refractivity contribution in [3.05, 3.63) is 0 Å². The Hall–Kier alpha value is -0.120. The fraction of sp³-hybridized carbons (Fsp3) is 1.00. The zero-order valence-electron chi connectivity index (χ0n) is 12.7. The van der Waals surface area contributed by atoms with Gasteiger partial charge in [-0.3, -0.25) is 0 Å². The van der Waals surface area contributed by atoms with E-state index in [1.807, 2.05) is 0 Å². The number of hydrogen-bond acceptors (Lipinski definition) is 3. The lowest BCUT2D eigenvalue weighted by atomic mass is 9.74. The third kappa shape index (κ3) is 4.87. The van der Waals surface area contributed by atoms with E-state index in [2.05, 4.69) is 26.1 Å². The lowest BCUT2D eigenvalue weighted by Crippen LogP contribution is -2.46. The summed E-state index contributed by atoms with van der Waals surface area (Å²) < 4.78 is 10.6. The molecule has 3 heteroatoms. The molecule has 0 bridgehead atoms. The van der Waals surface area contributed by atoms with E-state index < -0.39 is 0 Å². The Balaban J connectivity index is 2.45. The van der Waals surface area contributed by atoms with Crippen molar-refractivity contribution in [1.29, 1.82) is 0 Å². The van der Waals surface area contributed by atoms with Crippen molar-refractivity contribution < 1.29 is 9.47 Å². The van der Waals surface area contributed by atoms with Gasteiger partial charge < -0.3 is 14.8 Å². The second kappa shape index (κ2) is 8.13. The van der Waals surface area contributed by atoms with Crippen LogP contribution in [0.2, 0.25) is 0 Å². The highest BCUT2D eigenvalue weighted by molar-refractivity contribution is 4.86. The normalized spacial score (nSPS) is 30.7. The molecule has 4 unspecified atom stereocenters. The van der Waals surface area contributed by atoms with Crippen molar-refractivity contribution in [3.63, 3.8) is 0 Å². The number of methoxy groups -OCH3 is 2. The fourth-order valence-electron chi connectivity index (χ4n) is 3.12. The number of hydrogen-bond donors (Lipinski definition) is 1. The molecule has 1 N–H and O–H groups in total. The van der Waals surface area contributed by atoms with Gasteiger partial charge in [-0.05, 0) is 30.6 Å². The van der Waals surface area contributed by atoms with E-state index in [4.69, 9.17) is 9.47 Å². The molecule has 1 rings (SSSR count). The SMILES string of the molecule is COCC(CNC1CC(C)CCC1C(C)C)OC. The first kappa shape index (κ1) is 15.9. The standard InChI is InChI=1S/C15H31NO2/c1-11(2)14-7-6-12(3)8-15(14)16-9-13(18-5)10-17-4/h11-16H,6-10H2,1-5H3. The Bertz CT molecular complexity index is 221. The van der Waals surface area contributed by atoms with Crippen LogP contribution in [0.4, 0.5) is 0 Å². The minimum absolute atomic E-state index is 0.167. The molecule has 0 radical (unpaired) electrons. The maximum absolute atomic E-state index is 5.42. The summed E-state index contributed by atoms with van der Waals surface area (Å²) in [7, 11) is 3.49. The van der Waals surface area contributed by atoms with Crippen molar-refractivity contribution in [3.8, 4) is 0 Å². The minimum Gasteiger partial charge on any atom is -0.382 e. The lowest BCUT2D eigenvalue weighted by molar-refractivity contribution is 0.0230. The van der Waals surface area contributed by atoms with E-state index in [1.54, 1.807) is 14.2 Å². The molecule has 108 valence electrons. The van der Waals surface area contributed by atoms with Crippen LogP contribution in [0.3, 0.4) is 0 Å². The van der Waals surface area contributed by atoms with E-state index in [9.17, 15) is 0 Å². The van der Waals surface area contributed by atoms with Gasteiger partial charge in [0.1, 0.15) is 0 Å². The quantitative estimate of drug-likeness (QED) is 0.760. The van der Waals surface area contributed by atoms with E-state index >= 15 is 0 Å². The van der Waals surface area contributed by atoms with Crippen LogP contribution in [-0.2, 0) is 9.47 Å². The predicted octanol–water partition coefficient (Wildman–Crippen LogP) is 2.70. The van der Waals surface area contributed by atoms with Crippen molar-refractivity contribution in [1.82, 2.24) is 5.32 Å². The molecular weight excluding hydrogens is 226 g/mol. The average molecular weight is 257 g/mol. The van der Waals surface area contributed by atoms with Crippen LogP contribution < -0.4 is 5.32 Å². The highest BCUT2D eigenvalue weighted by Gasteiger charge is 2.30. The average Bonchev–Trinajstić information content (AvgIpc) is 2.34. The van der Waals surface area contributed by atoms with Crippen LogP contribution in [-0.4, -0.2) is 39.5 Å². The fourth-order valence-corrected chi connectivity index (χ4v) is 3.12. The summed E-state index contributed by atoms with van der Waals surface area (Å²) in [6.45, 7) is 8.62. The largest absolute Gasteiger partial charge is 0.382 e. The Morgan fingerprint density at radius 3 is 2.50 bits per heavy atom. The van der Waals surface area contributed by atoms with E-state index in [0.717, 1.165) is 24.3 Å². The summed E-state index contributed by atoms with van der Waals surface area (Å²) >= 11 is 0. The third-order valence-electron chi connectivity index (χ3n) is 4.32. The number of nitrogens with one attached hydrogen (secondary N) is 1. The summed E-state index contributed by atoms with van der Waals surface area (Å²) in [4.78, 5) is 0. The van der Waals surface area contributed by atoms with E-state index in [1.165, 1.54) is 19.3 Å².